The third-order valence-corrected chi connectivity index (χ3v) is 1.85. The molecular formula is C7H15N5O. The quantitative estimate of drug-likeness (QED) is 0.711. The van der Waals surface area contributed by atoms with Gasteiger partial charge < -0.3 is 10.5 Å². The molecule has 0 saturated heterocycles. The molecule has 2 N–H and O–H groups in total. The standard InChI is InChI=1S/C7H15N5O/c1-3-4-6(5-13-2)12-7(8)9-10-11-12/h6H,3-5H2,1-2H3,(H2,8,9,11). The van der Waals surface area contributed by atoms with Gasteiger partial charge in [0.05, 0.1) is 12.6 Å². The predicted octanol–water partition coefficient (Wildman–Crippen LogP) is 0.243. The van der Waals surface area contributed by atoms with Crippen molar-refractivity contribution in [3.05, 3.63) is 0 Å². The SMILES string of the molecule is CCCC(COC)n1nnnc1N. The summed E-state index contributed by atoms with van der Waals surface area (Å²) in [5, 5.41) is 10.9. The van der Waals surface area contributed by atoms with Gasteiger partial charge in [0.2, 0.25) is 5.95 Å². The Morgan fingerprint density at radius 1 is 1.62 bits per heavy atom. The van der Waals surface area contributed by atoms with Crippen LogP contribution >= 0.6 is 0 Å². The van der Waals surface area contributed by atoms with E-state index in [0.717, 1.165) is 12.8 Å². The maximum Gasteiger partial charge on any atom is 0.240 e. The van der Waals surface area contributed by atoms with Crippen LogP contribution in [0, 0.1) is 0 Å². The molecule has 1 aromatic rings. The Morgan fingerprint density at radius 3 is 2.85 bits per heavy atom. The highest BCUT2D eigenvalue weighted by Gasteiger charge is 2.14. The zero-order chi connectivity index (χ0) is 9.68. The smallest absolute Gasteiger partial charge is 0.240 e. The number of methoxy groups -OCH3 is 1. The summed E-state index contributed by atoms with van der Waals surface area (Å²) in [6.45, 7) is 2.69. The van der Waals surface area contributed by atoms with Gasteiger partial charge in [-0.3, -0.25) is 0 Å². The van der Waals surface area contributed by atoms with E-state index in [2.05, 4.69) is 22.4 Å². The zero-order valence-corrected chi connectivity index (χ0v) is 7.97. The molecule has 0 fully saturated rings. The second-order valence-electron chi connectivity index (χ2n) is 2.88. The molecule has 0 amide bonds. The molecule has 74 valence electrons. The van der Waals surface area contributed by atoms with Gasteiger partial charge in [0, 0.05) is 7.11 Å². The van der Waals surface area contributed by atoms with E-state index in [-0.39, 0.29) is 6.04 Å². The van der Waals surface area contributed by atoms with Crippen LogP contribution in [0.15, 0.2) is 0 Å². The second kappa shape index (κ2) is 4.76. The van der Waals surface area contributed by atoms with Gasteiger partial charge in [0.1, 0.15) is 0 Å². The number of nitrogens with zero attached hydrogens (tertiary/aromatic N) is 4. The van der Waals surface area contributed by atoms with Crippen molar-refractivity contribution in [2.24, 2.45) is 0 Å². The number of nitrogen functional groups attached to an aromatic ring is 1. The second-order valence-corrected chi connectivity index (χ2v) is 2.88. The number of anilines is 1. The average Bonchev–Trinajstić information content (AvgIpc) is 2.51. The average molecular weight is 185 g/mol. The number of tetrazole rings is 1. The van der Waals surface area contributed by atoms with Crippen molar-refractivity contribution in [3.8, 4) is 0 Å². The molecule has 0 spiro atoms. The minimum Gasteiger partial charge on any atom is -0.382 e. The van der Waals surface area contributed by atoms with Crippen LogP contribution in [-0.2, 0) is 4.74 Å². The molecular weight excluding hydrogens is 170 g/mol. The maximum atomic E-state index is 5.57. The lowest BCUT2D eigenvalue weighted by Gasteiger charge is -2.14. The maximum absolute atomic E-state index is 5.57. The summed E-state index contributed by atoms with van der Waals surface area (Å²) in [6, 6.07) is 0.144. The highest BCUT2D eigenvalue weighted by Crippen LogP contribution is 2.14. The van der Waals surface area contributed by atoms with E-state index < -0.39 is 0 Å². The summed E-state index contributed by atoms with van der Waals surface area (Å²) in [5.41, 5.74) is 5.57. The first-order chi connectivity index (χ1) is 6.29. The molecule has 6 nitrogen and oxygen atoms in total. The first kappa shape index (κ1) is 9.91. The molecule has 0 radical (unpaired) electrons. The van der Waals surface area contributed by atoms with Crippen molar-refractivity contribution in [2.45, 2.75) is 25.8 Å². The van der Waals surface area contributed by atoms with Gasteiger partial charge in [-0.25, -0.2) is 4.68 Å². The van der Waals surface area contributed by atoms with Crippen LogP contribution in [0.3, 0.4) is 0 Å². The summed E-state index contributed by atoms with van der Waals surface area (Å²) in [7, 11) is 1.66. The van der Waals surface area contributed by atoms with Crippen LogP contribution in [0.25, 0.3) is 0 Å². The summed E-state index contributed by atoms with van der Waals surface area (Å²) < 4.78 is 6.67. The molecule has 0 aliphatic rings. The molecule has 1 rings (SSSR count). The monoisotopic (exact) mass is 185 g/mol. The van der Waals surface area contributed by atoms with Crippen LogP contribution in [0.4, 0.5) is 5.95 Å². The van der Waals surface area contributed by atoms with Gasteiger partial charge in [-0.2, -0.15) is 0 Å². The summed E-state index contributed by atoms with van der Waals surface area (Å²) in [5.74, 6) is 0.343. The molecule has 0 aliphatic heterocycles. The normalized spacial score (nSPS) is 13.1. The highest BCUT2D eigenvalue weighted by atomic mass is 16.5. The Kier molecular flexibility index (Phi) is 3.63. The lowest BCUT2D eigenvalue weighted by Crippen LogP contribution is -2.18. The molecule has 0 bridgehead atoms. The number of nitrogens with two attached hydrogens (primary N) is 1. The largest absolute Gasteiger partial charge is 0.382 e. The highest BCUT2D eigenvalue weighted by molar-refractivity contribution is 5.11. The van der Waals surface area contributed by atoms with Gasteiger partial charge in [0.25, 0.3) is 0 Å². The first-order valence-electron chi connectivity index (χ1n) is 4.31. The Labute approximate surface area is 77.1 Å². The lowest BCUT2D eigenvalue weighted by molar-refractivity contribution is 0.144. The van der Waals surface area contributed by atoms with Crippen molar-refractivity contribution in [2.75, 3.05) is 19.5 Å². The van der Waals surface area contributed by atoms with Gasteiger partial charge >= 0.3 is 0 Å². The number of rotatable bonds is 5. The fourth-order valence-electron chi connectivity index (χ4n) is 1.26. The molecule has 0 aromatic carbocycles. The van der Waals surface area contributed by atoms with E-state index in [0.29, 0.717) is 12.6 Å². The minimum absolute atomic E-state index is 0.144. The topological polar surface area (TPSA) is 78.8 Å². The van der Waals surface area contributed by atoms with Gasteiger partial charge in [-0.05, 0) is 16.8 Å². The third-order valence-electron chi connectivity index (χ3n) is 1.85. The summed E-state index contributed by atoms with van der Waals surface area (Å²) in [6.07, 6.45) is 2.01. The van der Waals surface area contributed by atoms with Crippen molar-refractivity contribution < 1.29 is 4.74 Å². The van der Waals surface area contributed by atoms with E-state index in [1.165, 1.54) is 0 Å². The Morgan fingerprint density at radius 2 is 2.38 bits per heavy atom. The molecule has 13 heavy (non-hydrogen) atoms. The number of hydrogen-bond acceptors (Lipinski definition) is 5. The number of ether oxygens (including phenoxy) is 1. The van der Waals surface area contributed by atoms with Gasteiger partial charge in [-0.15, -0.1) is 0 Å². The first-order valence-corrected chi connectivity index (χ1v) is 4.31. The van der Waals surface area contributed by atoms with Crippen molar-refractivity contribution in [1.82, 2.24) is 20.2 Å². The van der Waals surface area contributed by atoms with Crippen molar-refractivity contribution in [3.63, 3.8) is 0 Å². The van der Waals surface area contributed by atoms with Crippen LogP contribution < -0.4 is 5.73 Å². The Hall–Kier alpha value is -1.17. The van der Waals surface area contributed by atoms with Crippen LogP contribution in [0.1, 0.15) is 25.8 Å². The molecule has 1 atom stereocenters. The fourth-order valence-corrected chi connectivity index (χ4v) is 1.26. The lowest BCUT2D eigenvalue weighted by atomic mass is 10.2. The number of aromatic nitrogens is 4. The molecule has 1 heterocycles. The van der Waals surface area contributed by atoms with Gasteiger partial charge in [-0.1, -0.05) is 18.4 Å². The van der Waals surface area contributed by atoms with E-state index in [1.807, 2.05) is 0 Å². The van der Waals surface area contributed by atoms with E-state index in [4.69, 9.17) is 10.5 Å². The summed E-state index contributed by atoms with van der Waals surface area (Å²) in [4.78, 5) is 0. The molecule has 6 heteroatoms. The third kappa shape index (κ3) is 2.38. The van der Waals surface area contributed by atoms with E-state index in [1.54, 1.807) is 11.8 Å². The Bertz CT molecular complexity index is 243. The van der Waals surface area contributed by atoms with Crippen LogP contribution in [0.2, 0.25) is 0 Å². The van der Waals surface area contributed by atoms with Crippen molar-refractivity contribution in [1.29, 1.82) is 0 Å². The Balaban J connectivity index is 2.69. The minimum atomic E-state index is 0.144. The summed E-state index contributed by atoms with van der Waals surface area (Å²) >= 11 is 0. The molecule has 1 aromatic heterocycles. The molecule has 1 unspecified atom stereocenters. The van der Waals surface area contributed by atoms with Crippen LogP contribution in [-0.4, -0.2) is 33.9 Å². The van der Waals surface area contributed by atoms with Crippen molar-refractivity contribution >= 4 is 5.95 Å². The fraction of sp³-hybridized carbons (Fsp3) is 0.857. The van der Waals surface area contributed by atoms with Gasteiger partial charge in [0.15, 0.2) is 0 Å². The van der Waals surface area contributed by atoms with E-state index in [9.17, 15) is 0 Å². The zero-order valence-electron chi connectivity index (χ0n) is 7.97. The predicted molar refractivity (Wildman–Crippen MR) is 48.1 cm³/mol. The molecule has 0 aliphatic carbocycles. The number of hydrogen-bond donors (Lipinski definition) is 1. The van der Waals surface area contributed by atoms with Crippen LogP contribution in [0.5, 0.6) is 0 Å². The molecule has 0 saturated carbocycles. The van der Waals surface area contributed by atoms with E-state index >= 15 is 0 Å².